The molecule has 0 aromatic heterocycles. The Balaban J connectivity index is 3.03. The lowest BCUT2D eigenvalue weighted by atomic mass is 10.0. The predicted octanol–water partition coefficient (Wildman–Crippen LogP) is 12.1. The van der Waals surface area contributed by atoms with Crippen LogP contribution in [0.5, 0.6) is 0 Å². The Hall–Kier alpha value is -0.590. The van der Waals surface area contributed by atoms with Crippen LogP contribution in [0.15, 0.2) is 12.7 Å². The smallest absolute Gasteiger partial charge is 0.155 e. The van der Waals surface area contributed by atoms with E-state index in [2.05, 4.69) is 13.5 Å². The molecule has 0 aromatic rings. The van der Waals surface area contributed by atoms with Gasteiger partial charge in [-0.1, -0.05) is 187 Å². The quantitative estimate of drug-likeness (QED) is 0.0743. The van der Waals surface area contributed by atoms with E-state index in [-0.39, 0.29) is 5.78 Å². The zero-order chi connectivity index (χ0) is 24.8. The molecular weight excluding hydrogens is 412 g/mol. The van der Waals surface area contributed by atoms with Crippen LogP contribution in [0.25, 0.3) is 0 Å². The second-order valence-corrected chi connectivity index (χ2v) is 11.0. The number of carbonyl (C=O) groups excluding carboxylic acids is 1. The van der Waals surface area contributed by atoms with Gasteiger partial charge in [-0.3, -0.25) is 4.79 Å². The molecule has 202 valence electrons. The summed E-state index contributed by atoms with van der Waals surface area (Å²) in [5, 5.41) is 0. The summed E-state index contributed by atoms with van der Waals surface area (Å²) in [7, 11) is 0. The summed E-state index contributed by atoms with van der Waals surface area (Å²) in [4.78, 5) is 11.1. The lowest BCUT2D eigenvalue weighted by Gasteiger charge is -2.04. The van der Waals surface area contributed by atoms with Crippen molar-refractivity contribution in [1.29, 1.82) is 0 Å². The van der Waals surface area contributed by atoms with E-state index in [1.54, 1.807) is 0 Å². The molecule has 0 N–H and O–H groups in total. The van der Waals surface area contributed by atoms with Crippen molar-refractivity contribution in [3.63, 3.8) is 0 Å². The monoisotopic (exact) mass is 476 g/mol. The third kappa shape index (κ3) is 29.4. The van der Waals surface area contributed by atoms with Gasteiger partial charge < -0.3 is 0 Å². The highest BCUT2D eigenvalue weighted by atomic mass is 16.1. The summed E-state index contributed by atoms with van der Waals surface area (Å²) in [5.41, 5.74) is 0. The van der Waals surface area contributed by atoms with Crippen LogP contribution in [0.2, 0.25) is 0 Å². The van der Waals surface area contributed by atoms with Crippen LogP contribution in [-0.4, -0.2) is 5.78 Å². The Labute approximate surface area is 216 Å². The highest BCUT2D eigenvalue weighted by molar-refractivity contribution is 5.88. The van der Waals surface area contributed by atoms with Crippen molar-refractivity contribution in [1.82, 2.24) is 0 Å². The van der Waals surface area contributed by atoms with Crippen molar-refractivity contribution >= 4 is 5.78 Å². The van der Waals surface area contributed by atoms with Gasteiger partial charge in [0.2, 0.25) is 0 Å². The summed E-state index contributed by atoms with van der Waals surface area (Å²) in [6.45, 7) is 5.83. The fraction of sp³-hybridized carbons (Fsp3) is 0.909. The van der Waals surface area contributed by atoms with Crippen LogP contribution < -0.4 is 0 Å². The molecule has 0 fully saturated rings. The van der Waals surface area contributed by atoms with Crippen molar-refractivity contribution in [3.8, 4) is 0 Å². The molecule has 0 radical (unpaired) electrons. The Kier molecular flexibility index (Phi) is 29.9. The van der Waals surface area contributed by atoms with E-state index in [4.69, 9.17) is 0 Å². The van der Waals surface area contributed by atoms with Gasteiger partial charge in [0.05, 0.1) is 0 Å². The highest BCUT2D eigenvalue weighted by Gasteiger charge is 1.98. The second kappa shape index (κ2) is 30.4. The first-order valence-electron chi connectivity index (χ1n) is 16.0. The maximum atomic E-state index is 11.1. The maximum Gasteiger partial charge on any atom is 0.155 e. The predicted molar refractivity (Wildman–Crippen MR) is 155 cm³/mol. The van der Waals surface area contributed by atoms with Gasteiger partial charge in [0, 0.05) is 6.42 Å². The molecule has 0 amide bonds. The molecule has 0 aliphatic rings. The average Bonchev–Trinajstić information content (AvgIpc) is 2.85. The number of allylic oxidation sites excluding steroid dienone is 1. The molecule has 0 unspecified atom stereocenters. The standard InChI is InChI=1S/C33H64O/c1-3-5-6-7-8-9-10-11-12-13-14-15-16-17-18-19-20-21-22-23-24-25-26-27-28-29-30-31-32-33(34)4-2/h4H,2-3,5-32H2,1H3. The Morgan fingerprint density at radius 2 is 0.618 bits per heavy atom. The first-order valence-corrected chi connectivity index (χ1v) is 16.0. The molecule has 0 aliphatic heterocycles. The summed E-state index contributed by atoms with van der Waals surface area (Å²) in [6, 6.07) is 0. The molecule has 0 saturated carbocycles. The molecule has 0 spiro atoms. The normalized spacial score (nSPS) is 11.2. The molecule has 0 bridgehead atoms. The molecule has 0 rings (SSSR count). The zero-order valence-electron chi connectivity index (χ0n) is 23.7. The van der Waals surface area contributed by atoms with E-state index >= 15 is 0 Å². The molecule has 0 atom stereocenters. The molecular formula is C33H64O. The molecule has 0 aliphatic carbocycles. The number of hydrogen-bond acceptors (Lipinski definition) is 1. The molecule has 0 heterocycles. The minimum absolute atomic E-state index is 0.204. The topological polar surface area (TPSA) is 17.1 Å². The van der Waals surface area contributed by atoms with Gasteiger partial charge in [-0.25, -0.2) is 0 Å². The van der Waals surface area contributed by atoms with Crippen molar-refractivity contribution in [3.05, 3.63) is 12.7 Å². The van der Waals surface area contributed by atoms with E-state index in [1.165, 1.54) is 179 Å². The van der Waals surface area contributed by atoms with Crippen LogP contribution in [0.4, 0.5) is 0 Å². The first-order chi connectivity index (χ1) is 16.8. The number of ketones is 1. The van der Waals surface area contributed by atoms with E-state index in [9.17, 15) is 4.79 Å². The third-order valence-corrected chi connectivity index (χ3v) is 7.50. The Morgan fingerprint density at radius 3 is 0.824 bits per heavy atom. The molecule has 0 aromatic carbocycles. The zero-order valence-corrected chi connectivity index (χ0v) is 23.7. The van der Waals surface area contributed by atoms with Gasteiger partial charge >= 0.3 is 0 Å². The Morgan fingerprint density at radius 1 is 0.412 bits per heavy atom. The maximum absolute atomic E-state index is 11.1. The fourth-order valence-electron chi connectivity index (χ4n) is 5.07. The van der Waals surface area contributed by atoms with Crippen LogP contribution in [0, 0.1) is 0 Å². The van der Waals surface area contributed by atoms with Gasteiger partial charge in [-0.2, -0.15) is 0 Å². The number of unbranched alkanes of at least 4 members (excludes halogenated alkanes) is 27. The van der Waals surface area contributed by atoms with Crippen molar-refractivity contribution < 1.29 is 4.79 Å². The van der Waals surface area contributed by atoms with Crippen molar-refractivity contribution in [2.45, 2.75) is 193 Å². The Bertz CT molecular complexity index is 399. The van der Waals surface area contributed by atoms with E-state index < -0.39 is 0 Å². The number of rotatable bonds is 30. The summed E-state index contributed by atoms with van der Waals surface area (Å²) < 4.78 is 0. The lowest BCUT2D eigenvalue weighted by Crippen LogP contribution is -1.91. The van der Waals surface area contributed by atoms with Crippen LogP contribution >= 0.6 is 0 Å². The number of hydrogen-bond donors (Lipinski definition) is 0. The van der Waals surface area contributed by atoms with Gasteiger partial charge in [0.25, 0.3) is 0 Å². The largest absolute Gasteiger partial charge is 0.295 e. The van der Waals surface area contributed by atoms with Crippen molar-refractivity contribution in [2.75, 3.05) is 0 Å². The van der Waals surface area contributed by atoms with Gasteiger partial charge in [-0.05, 0) is 12.5 Å². The summed E-state index contributed by atoms with van der Waals surface area (Å²) in [5.74, 6) is 0.204. The fourth-order valence-corrected chi connectivity index (χ4v) is 5.07. The highest BCUT2D eigenvalue weighted by Crippen LogP contribution is 2.16. The van der Waals surface area contributed by atoms with Gasteiger partial charge in [0.15, 0.2) is 5.78 Å². The number of carbonyl (C=O) groups is 1. The van der Waals surface area contributed by atoms with E-state index in [1.807, 2.05) is 0 Å². The molecule has 1 heteroatoms. The first kappa shape index (κ1) is 33.4. The summed E-state index contributed by atoms with van der Waals surface area (Å²) >= 11 is 0. The molecule has 34 heavy (non-hydrogen) atoms. The van der Waals surface area contributed by atoms with Crippen LogP contribution in [0.1, 0.15) is 193 Å². The van der Waals surface area contributed by atoms with Crippen molar-refractivity contribution in [2.24, 2.45) is 0 Å². The minimum atomic E-state index is 0.204. The second-order valence-electron chi connectivity index (χ2n) is 11.0. The molecule has 0 saturated heterocycles. The van der Waals surface area contributed by atoms with Gasteiger partial charge in [0.1, 0.15) is 0 Å². The average molecular weight is 477 g/mol. The van der Waals surface area contributed by atoms with Gasteiger partial charge in [-0.15, -0.1) is 0 Å². The van der Waals surface area contributed by atoms with E-state index in [0.717, 1.165) is 6.42 Å². The minimum Gasteiger partial charge on any atom is -0.295 e. The van der Waals surface area contributed by atoms with Crippen LogP contribution in [0.3, 0.4) is 0 Å². The third-order valence-electron chi connectivity index (χ3n) is 7.50. The summed E-state index contributed by atoms with van der Waals surface area (Å²) in [6.07, 6.45) is 42.0. The lowest BCUT2D eigenvalue weighted by molar-refractivity contribution is -0.114. The van der Waals surface area contributed by atoms with Crippen LogP contribution in [-0.2, 0) is 4.79 Å². The van der Waals surface area contributed by atoms with E-state index in [0.29, 0.717) is 6.42 Å². The molecule has 1 nitrogen and oxygen atoms in total. The SMILES string of the molecule is C=CC(=O)CCCCCCCCCCCCCCCCCCCCCCCCCCCCCC.